The zero-order valence-corrected chi connectivity index (χ0v) is 17.1. The number of rotatable bonds is 5. The van der Waals surface area contributed by atoms with E-state index in [1.807, 2.05) is 23.7 Å². The fourth-order valence-corrected chi connectivity index (χ4v) is 3.76. The van der Waals surface area contributed by atoms with Gasteiger partial charge in [0, 0.05) is 37.2 Å². The second kappa shape index (κ2) is 8.62. The summed E-state index contributed by atoms with van der Waals surface area (Å²) in [6.45, 7) is 0.943. The molecule has 0 unspecified atom stereocenters. The van der Waals surface area contributed by atoms with E-state index >= 15 is 0 Å². The summed E-state index contributed by atoms with van der Waals surface area (Å²) in [6, 6.07) is 5.54. The molecule has 3 aromatic heterocycles. The van der Waals surface area contributed by atoms with E-state index in [9.17, 15) is 18.0 Å². The number of carbonyl (C=O) groups excluding carboxylic acids is 1. The lowest BCUT2D eigenvalue weighted by Gasteiger charge is -2.31. The lowest BCUT2D eigenvalue weighted by Crippen LogP contribution is -2.39. The molecule has 1 aliphatic rings. The van der Waals surface area contributed by atoms with Gasteiger partial charge in [-0.2, -0.15) is 13.2 Å². The number of hydrogen-bond donors (Lipinski definition) is 1. The largest absolute Gasteiger partial charge is 0.390 e. The smallest absolute Gasteiger partial charge is 0.332 e. The number of nitrogens with one attached hydrogen (secondary N) is 1. The number of likely N-dealkylation sites (tertiary alicyclic amines) is 1. The van der Waals surface area contributed by atoms with Crippen LogP contribution in [0.15, 0.2) is 36.9 Å². The number of aromatic nitrogens is 4. The maximum Gasteiger partial charge on any atom is 0.390 e. The summed E-state index contributed by atoms with van der Waals surface area (Å²) < 4.78 is 39.0. The molecule has 7 nitrogen and oxygen atoms in total. The molecular formula is C21H23F3N6O. The fraction of sp³-hybridized carbons (Fsp3) is 0.429. The Hall–Kier alpha value is -3.01. The molecule has 0 spiro atoms. The number of nitrogens with zero attached hydrogens (tertiary/aromatic N) is 5. The van der Waals surface area contributed by atoms with E-state index in [2.05, 4.69) is 20.3 Å². The van der Waals surface area contributed by atoms with Gasteiger partial charge in [0.15, 0.2) is 0 Å². The quantitative estimate of drug-likeness (QED) is 0.666. The molecule has 0 aromatic carbocycles. The van der Waals surface area contributed by atoms with Crippen LogP contribution in [0.5, 0.6) is 0 Å². The summed E-state index contributed by atoms with van der Waals surface area (Å²) in [6.07, 6.45) is 1.18. The Morgan fingerprint density at radius 1 is 1.23 bits per heavy atom. The average Bonchev–Trinajstić information content (AvgIpc) is 3.17. The number of carbonyl (C=O) groups is 1. The molecular weight excluding hydrogens is 409 g/mol. The summed E-state index contributed by atoms with van der Waals surface area (Å²) in [5, 5.41) is 3.68. The van der Waals surface area contributed by atoms with Gasteiger partial charge in [-0.15, -0.1) is 0 Å². The molecule has 4 rings (SSSR count). The minimum absolute atomic E-state index is 0.0191. The molecule has 1 aliphatic heterocycles. The first-order chi connectivity index (χ1) is 14.8. The predicted octanol–water partition coefficient (Wildman–Crippen LogP) is 3.63. The van der Waals surface area contributed by atoms with Gasteiger partial charge in [0.25, 0.3) is 0 Å². The highest BCUT2D eigenvalue weighted by atomic mass is 19.4. The van der Waals surface area contributed by atoms with Crippen LogP contribution in [0, 0.1) is 5.92 Å². The minimum Gasteiger partial charge on any atom is -0.332 e. The van der Waals surface area contributed by atoms with Gasteiger partial charge in [0.1, 0.15) is 5.82 Å². The number of aryl methyl sites for hydroxylation is 1. The van der Waals surface area contributed by atoms with E-state index < -0.39 is 12.6 Å². The molecule has 31 heavy (non-hydrogen) atoms. The number of amides is 1. The summed E-state index contributed by atoms with van der Waals surface area (Å²) in [5.74, 6) is 0.00476. The first kappa shape index (κ1) is 21.2. The lowest BCUT2D eigenvalue weighted by atomic mass is 9.96. The second-order valence-electron chi connectivity index (χ2n) is 7.82. The van der Waals surface area contributed by atoms with Gasteiger partial charge in [0.05, 0.1) is 35.8 Å². The molecule has 1 fully saturated rings. The number of imidazole rings is 1. The predicted molar refractivity (Wildman–Crippen MR) is 110 cm³/mol. The Morgan fingerprint density at radius 3 is 2.68 bits per heavy atom. The topological polar surface area (TPSA) is 75.9 Å². The maximum atomic E-state index is 12.6. The summed E-state index contributed by atoms with van der Waals surface area (Å²) in [7, 11) is 1.89. The van der Waals surface area contributed by atoms with Crippen LogP contribution < -0.4 is 5.32 Å². The van der Waals surface area contributed by atoms with Crippen molar-refractivity contribution in [3.8, 4) is 11.4 Å². The highest BCUT2D eigenvalue weighted by Gasteiger charge is 2.30. The van der Waals surface area contributed by atoms with Crippen LogP contribution in [0.25, 0.3) is 22.3 Å². The van der Waals surface area contributed by atoms with Gasteiger partial charge in [-0.1, -0.05) is 0 Å². The first-order valence-electron chi connectivity index (χ1n) is 10.1. The Morgan fingerprint density at radius 2 is 2.00 bits per heavy atom. The third-order valence-electron chi connectivity index (χ3n) is 5.57. The Balaban J connectivity index is 1.39. The van der Waals surface area contributed by atoms with Gasteiger partial charge in [-0.3, -0.25) is 4.79 Å². The zero-order valence-electron chi connectivity index (χ0n) is 17.1. The van der Waals surface area contributed by atoms with Crippen LogP contribution >= 0.6 is 0 Å². The minimum atomic E-state index is -4.15. The number of hydrogen-bond acceptors (Lipinski definition) is 5. The van der Waals surface area contributed by atoms with Crippen LogP contribution in [-0.2, 0) is 11.8 Å². The van der Waals surface area contributed by atoms with E-state index in [0.29, 0.717) is 37.3 Å². The van der Waals surface area contributed by atoms with E-state index in [1.165, 1.54) is 0 Å². The lowest BCUT2D eigenvalue weighted by molar-refractivity contribution is -0.139. The molecule has 1 amide bonds. The van der Waals surface area contributed by atoms with E-state index in [0.717, 1.165) is 16.8 Å². The molecule has 10 heteroatoms. The molecule has 3 aromatic rings. The average molecular weight is 432 g/mol. The molecule has 0 aliphatic carbocycles. The molecule has 0 atom stereocenters. The van der Waals surface area contributed by atoms with Gasteiger partial charge in [0.2, 0.25) is 5.91 Å². The van der Waals surface area contributed by atoms with Crippen LogP contribution in [-0.4, -0.2) is 56.1 Å². The molecule has 164 valence electrons. The molecule has 0 bridgehead atoms. The number of alkyl halides is 3. The number of fused-ring (bicyclic) bond motifs is 1. The van der Waals surface area contributed by atoms with Crippen molar-refractivity contribution < 1.29 is 18.0 Å². The molecule has 4 heterocycles. The molecule has 0 radical (unpaired) electrons. The van der Waals surface area contributed by atoms with Crippen molar-refractivity contribution in [2.45, 2.75) is 25.4 Å². The van der Waals surface area contributed by atoms with Crippen molar-refractivity contribution in [1.82, 2.24) is 24.4 Å². The monoisotopic (exact) mass is 432 g/mol. The summed E-state index contributed by atoms with van der Waals surface area (Å²) in [4.78, 5) is 27.5. The van der Waals surface area contributed by atoms with E-state index in [1.54, 1.807) is 29.7 Å². The van der Waals surface area contributed by atoms with Gasteiger partial charge < -0.3 is 14.8 Å². The zero-order chi connectivity index (χ0) is 22.0. The third-order valence-corrected chi connectivity index (χ3v) is 5.57. The Bertz CT molecular complexity index is 1070. The van der Waals surface area contributed by atoms with Gasteiger partial charge >= 0.3 is 6.18 Å². The fourth-order valence-electron chi connectivity index (χ4n) is 3.76. The summed E-state index contributed by atoms with van der Waals surface area (Å²) >= 11 is 0. The van der Waals surface area contributed by atoms with Crippen LogP contribution in [0.1, 0.15) is 19.3 Å². The molecule has 0 saturated carbocycles. The Labute approximate surface area is 177 Å². The van der Waals surface area contributed by atoms with Crippen molar-refractivity contribution in [2.24, 2.45) is 13.0 Å². The van der Waals surface area contributed by atoms with Crippen molar-refractivity contribution in [3.05, 3.63) is 36.9 Å². The normalized spacial score (nSPS) is 16.0. The van der Waals surface area contributed by atoms with E-state index in [4.69, 9.17) is 0 Å². The summed E-state index contributed by atoms with van der Waals surface area (Å²) in [5.41, 5.74) is 2.34. The van der Waals surface area contributed by atoms with Crippen LogP contribution in [0.3, 0.4) is 0 Å². The van der Waals surface area contributed by atoms with Crippen molar-refractivity contribution in [2.75, 3.05) is 25.0 Å². The molecule has 1 saturated heterocycles. The highest BCUT2D eigenvalue weighted by molar-refractivity contribution is 5.93. The van der Waals surface area contributed by atoms with Gasteiger partial charge in [-0.05, 0) is 38.1 Å². The first-order valence-corrected chi connectivity index (χ1v) is 10.1. The van der Waals surface area contributed by atoms with Crippen molar-refractivity contribution >= 4 is 22.6 Å². The van der Waals surface area contributed by atoms with Crippen LogP contribution in [0.2, 0.25) is 0 Å². The highest BCUT2D eigenvalue weighted by Crippen LogP contribution is 2.25. The number of halogens is 3. The standard InChI is InChI=1S/C21H23F3N6O/c1-29-13-25-12-18(29)16-3-2-15-11-26-19(10-17(15)27-16)28-20(31)14-4-7-30(8-5-14)9-6-21(22,23)24/h2-3,10-14H,4-9H2,1H3,(H,26,28,31). The van der Waals surface area contributed by atoms with E-state index in [-0.39, 0.29) is 18.4 Å². The third kappa shape index (κ3) is 5.19. The number of anilines is 1. The van der Waals surface area contributed by atoms with Crippen molar-refractivity contribution in [3.63, 3.8) is 0 Å². The molecule has 1 N–H and O–H groups in total. The van der Waals surface area contributed by atoms with Crippen LogP contribution in [0.4, 0.5) is 19.0 Å². The van der Waals surface area contributed by atoms with Crippen molar-refractivity contribution in [1.29, 1.82) is 0 Å². The maximum absolute atomic E-state index is 12.6. The van der Waals surface area contributed by atoms with Gasteiger partial charge in [-0.25, -0.2) is 15.0 Å². The number of pyridine rings is 2. The second-order valence-corrected chi connectivity index (χ2v) is 7.82. The Kier molecular flexibility index (Phi) is 5.90. The SMILES string of the molecule is Cn1cncc1-c1ccc2cnc(NC(=O)C3CCN(CCC(F)(F)F)CC3)cc2n1. The number of piperidine rings is 1.